The summed E-state index contributed by atoms with van der Waals surface area (Å²) in [7, 11) is -3.46. The summed E-state index contributed by atoms with van der Waals surface area (Å²) in [6.45, 7) is 2.55. The smallest absolute Gasteiger partial charge is 0.243 e. The maximum atomic E-state index is 12.9. The van der Waals surface area contributed by atoms with Crippen LogP contribution in [-0.2, 0) is 10.0 Å². The van der Waals surface area contributed by atoms with E-state index in [4.69, 9.17) is 17.3 Å². The van der Waals surface area contributed by atoms with Gasteiger partial charge in [0.1, 0.15) is 0 Å². The molecule has 1 aromatic carbocycles. The van der Waals surface area contributed by atoms with Crippen molar-refractivity contribution >= 4 is 21.6 Å². The summed E-state index contributed by atoms with van der Waals surface area (Å²) in [6.07, 6.45) is 4.26. The van der Waals surface area contributed by atoms with E-state index in [1.54, 1.807) is 28.6 Å². The lowest BCUT2D eigenvalue weighted by Crippen LogP contribution is -2.44. The highest BCUT2D eigenvalue weighted by Crippen LogP contribution is 2.28. The van der Waals surface area contributed by atoms with Crippen LogP contribution in [0.3, 0.4) is 0 Å². The summed E-state index contributed by atoms with van der Waals surface area (Å²) in [6, 6.07) is 6.67. The molecule has 118 valence electrons. The summed E-state index contributed by atoms with van der Waals surface area (Å²) in [5.74, 6) is 0. The van der Waals surface area contributed by atoms with Crippen molar-refractivity contribution in [3.8, 4) is 0 Å². The second kappa shape index (κ2) is 7.09. The van der Waals surface area contributed by atoms with Crippen LogP contribution in [0.1, 0.15) is 39.0 Å². The molecule has 2 rings (SSSR count). The molecule has 1 aliphatic rings. The van der Waals surface area contributed by atoms with Crippen LogP contribution in [0.25, 0.3) is 0 Å². The van der Waals surface area contributed by atoms with Gasteiger partial charge in [-0.15, -0.1) is 0 Å². The molecule has 0 aliphatic heterocycles. The molecule has 1 aromatic rings. The number of rotatable bonds is 5. The molecule has 1 fully saturated rings. The summed E-state index contributed by atoms with van der Waals surface area (Å²) in [4.78, 5) is 0.315. The summed E-state index contributed by atoms with van der Waals surface area (Å²) in [5.41, 5.74) is 5.93. The number of nitrogens with zero attached hydrogens (tertiary/aromatic N) is 1. The summed E-state index contributed by atoms with van der Waals surface area (Å²) in [5, 5.41) is 0.541. The van der Waals surface area contributed by atoms with E-state index in [1.807, 2.05) is 6.92 Å². The Kier molecular flexibility index (Phi) is 5.66. The fourth-order valence-corrected chi connectivity index (χ4v) is 4.75. The predicted octanol–water partition coefficient (Wildman–Crippen LogP) is 3.01. The molecule has 21 heavy (non-hydrogen) atoms. The van der Waals surface area contributed by atoms with Gasteiger partial charge in [-0.2, -0.15) is 4.31 Å². The van der Waals surface area contributed by atoms with Gasteiger partial charge in [-0.3, -0.25) is 0 Å². The zero-order valence-corrected chi connectivity index (χ0v) is 13.9. The van der Waals surface area contributed by atoms with E-state index in [9.17, 15) is 8.42 Å². The molecule has 6 heteroatoms. The van der Waals surface area contributed by atoms with Gasteiger partial charge in [0.15, 0.2) is 0 Å². The largest absolute Gasteiger partial charge is 0.328 e. The lowest BCUT2D eigenvalue weighted by Gasteiger charge is -2.35. The molecule has 0 bridgehead atoms. The van der Waals surface area contributed by atoms with E-state index < -0.39 is 10.0 Å². The van der Waals surface area contributed by atoms with Crippen LogP contribution in [0.15, 0.2) is 29.2 Å². The van der Waals surface area contributed by atoms with Crippen molar-refractivity contribution in [3.05, 3.63) is 29.3 Å². The van der Waals surface area contributed by atoms with Crippen molar-refractivity contribution in [2.75, 3.05) is 6.54 Å². The maximum Gasteiger partial charge on any atom is 0.243 e. The quantitative estimate of drug-likeness (QED) is 0.902. The zero-order chi connectivity index (χ0) is 15.5. The highest BCUT2D eigenvalue weighted by Gasteiger charge is 2.32. The van der Waals surface area contributed by atoms with Gasteiger partial charge in [-0.1, -0.05) is 18.5 Å². The first-order valence-corrected chi connectivity index (χ1v) is 9.30. The van der Waals surface area contributed by atoms with E-state index in [1.165, 1.54) is 0 Å². The normalized spacial score (nSPS) is 23.4. The Labute approximate surface area is 132 Å². The second-order valence-corrected chi connectivity index (χ2v) is 7.97. The maximum absolute atomic E-state index is 12.9. The Morgan fingerprint density at radius 1 is 1.19 bits per heavy atom. The van der Waals surface area contributed by atoms with Crippen LogP contribution < -0.4 is 5.73 Å². The van der Waals surface area contributed by atoms with Crippen LogP contribution >= 0.6 is 11.6 Å². The van der Waals surface area contributed by atoms with Crippen molar-refractivity contribution < 1.29 is 8.42 Å². The Morgan fingerprint density at radius 2 is 1.76 bits per heavy atom. The Balaban J connectivity index is 2.25. The number of benzene rings is 1. The molecule has 0 radical (unpaired) electrons. The molecule has 0 atom stereocenters. The van der Waals surface area contributed by atoms with Gasteiger partial charge in [0.05, 0.1) is 4.90 Å². The van der Waals surface area contributed by atoms with Gasteiger partial charge in [0, 0.05) is 23.7 Å². The Morgan fingerprint density at radius 3 is 2.29 bits per heavy atom. The third kappa shape index (κ3) is 3.97. The average molecular weight is 331 g/mol. The van der Waals surface area contributed by atoms with Crippen molar-refractivity contribution in [1.82, 2.24) is 4.31 Å². The first-order chi connectivity index (χ1) is 9.95. The number of nitrogens with two attached hydrogens (primary N) is 1. The standard InChI is InChI=1S/C15H23ClN2O2S/c1-2-11-18(14-7-5-13(17)6-8-14)21(19,20)15-9-3-12(16)4-10-15/h3-4,9-10,13-14H,2,5-8,11,17H2,1H3. The minimum absolute atomic E-state index is 0.0606. The molecule has 1 saturated carbocycles. The number of sulfonamides is 1. The molecular weight excluding hydrogens is 308 g/mol. The van der Waals surface area contributed by atoms with E-state index in [0.29, 0.717) is 16.5 Å². The van der Waals surface area contributed by atoms with E-state index in [0.717, 1.165) is 32.1 Å². The van der Waals surface area contributed by atoms with Crippen LogP contribution in [0.2, 0.25) is 5.02 Å². The molecule has 0 aromatic heterocycles. The number of hydrogen-bond acceptors (Lipinski definition) is 3. The molecular formula is C15H23ClN2O2S. The van der Waals surface area contributed by atoms with Gasteiger partial charge < -0.3 is 5.73 Å². The molecule has 2 N–H and O–H groups in total. The van der Waals surface area contributed by atoms with Crippen molar-refractivity contribution in [1.29, 1.82) is 0 Å². The monoisotopic (exact) mass is 330 g/mol. The number of halogens is 1. The first kappa shape index (κ1) is 16.7. The fourth-order valence-electron chi connectivity index (χ4n) is 2.85. The second-order valence-electron chi connectivity index (χ2n) is 5.64. The van der Waals surface area contributed by atoms with Gasteiger partial charge in [-0.25, -0.2) is 8.42 Å². The number of hydrogen-bond donors (Lipinski definition) is 1. The van der Waals surface area contributed by atoms with Crippen molar-refractivity contribution in [3.63, 3.8) is 0 Å². The lowest BCUT2D eigenvalue weighted by molar-refractivity contribution is 0.240. The first-order valence-electron chi connectivity index (χ1n) is 7.48. The van der Waals surface area contributed by atoms with Crippen molar-refractivity contribution in [2.45, 2.75) is 56.0 Å². The molecule has 0 amide bonds. The average Bonchev–Trinajstić information content (AvgIpc) is 2.46. The Bertz CT molecular complexity index is 552. The molecule has 0 saturated heterocycles. The minimum Gasteiger partial charge on any atom is -0.328 e. The predicted molar refractivity (Wildman–Crippen MR) is 85.9 cm³/mol. The van der Waals surface area contributed by atoms with E-state index in [-0.39, 0.29) is 12.1 Å². The van der Waals surface area contributed by atoms with E-state index in [2.05, 4.69) is 0 Å². The summed E-state index contributed by atoms with van der Waals surface area (Å²) < 4.78 is 27.4. The van der Waals surface area contributed by atoms with Crippen LogP contribution in [0.5, 0.6) is 0 Å². The molecule has 1 aliphatic carbocycles. The van der Waals surface area contributed by atoms with Gasteiger partial charge in [0.25, 0.3) is 0 Å². The lowest BCUT2D eigenvalue weighted by atomic mass is 9.92. The Hall–Kier alpha value is -0.620. The molecule has 0 spiro atoms. The minimum atomic E-state index is -3.46. The van der Waals surface area contributed by atoms with Crippen molar-refractivity contribution in [2.24, 2.45) is 5.73 Å². The highest BCUT2D eigenvalue weighted by atomic mass is 35.5. The SMILES string of the molecule is CCCN(C1CCC(N)CC1)S(=O)(=O)c1ccc(Cl)cc1. The molecule has 0 unspecified atom stereocenters. The highest BCUT2D eigenvalue weighted by molar-refractivity contribution is 7.89. The zero-order valence-electron chi connectivity index (χ0n) is 12.3. The van der Waals surface area contributed by atoms with E-state index >= 15 is 0 Å². The molecule has 0 heterocycles. The summed E-state index contributed by atoms with van der Waals surface area (Å²) >= 11 is 5.84. The topological polar surface area (TPSA) is 63.4 Å². The molecule has 4 nitrogen and oxygen atoms in total. The van der Waals surface area contributed by atoms with Crippen LogP contribution in [-0.4, -0.2) is 31.4 Å². The van der Waals surface area contributed by atoms with Gasteiger partial charge >= 0.3 is 0 Å². The van der Waals surface area contributed by atoms with Crippen LogP contribution in [0.4, 0.5) is 0 Å². The van der Waals surface area contributed by atoms with Gasteiger partial charge in [-0.05, 0) is 56.4 Å². The fraction of sp³-hybridized carbons (Fsp3) is 0.600. The van der Waals surface area contributed by atoms with Crippen LogP contribution in [0, 0.1) is 0 Å². The van der Waals surface area contributed by atoms with Gasteiger partial charge in [0.2, 0.25) is 10.0 Å². The third-order valence-corrected chi connectivity index (χ3v) is 6.23. The third-order valence-electron chi connectivity index (χ3n) is 4.01.